The van der Waals surface area contributed by atoms with Crippen LogP contribution in [0.1, 0.15) is 10.9 Å². The number of hydrogen-bond acceptors (Lipinski definition) is 4. The number of amides is 1. The molecule has 0 bridgehead atoms. The highest BCUT2D eigenvalue weighted by molar-refractivity contribution is 8.02. The minimum atomic E-state index is 0.158. The molecule has 1 atom stereocenters. The van der Waals surface area contributed by atoms with Gasteiger partial charge in [0.25, 0.3) is 5.91 Å². The Morgan fingerprint density at radius 1 is 1.50 bits per heavy atom. The Balaban J connectivity index is 0.000000292. The molecular weight excluding hydrogens is 226 g/mol. The van der Waals surface area contributed by atoms with Crippen LogP contribution in [0.4, 0.5) is 0 Å². The molecule has 1 unspecified atom stereocenters. The lowest BCUT2D eigenvalue weighted by Crippen LogP contribution is -2.03. The van der Waals surface area contributed by atoms with Gasteiger partial charge in [-0.05, 0) is 28.1 Å². The Hall–Kier alpha value is -1.98. The first-order valence-corrected chi connectivity index (χ1v) is 5.34. The molecule has 0 saturated carbocycles. The monoisotopic (exact) mass is 233 g/mol. The summed E-state index contributed by atoms with van der Waals surface area (Å²) in [4.78, 5) is 18.6. The second-order valence-corrected chi connectivity index (χ2v) is 4.00. The summed E-state index contributed by atoms with van der Waals surface area (Å²) in [5.41, 5.74) is 14.2. The molecule has 80 valence electrons. The smallest absolute Gasteiger partial charge is 0.277 e. The number of pyridine rings is 1. The minimum Gasteiger partial charge on any atom is -0.284 e. The summed E-state index contributed by atoms with van der Waals surface area (Å²) >= 11 is 1.67. The Morgan fingerprint density at radius 2 is 2.12 bits per heavy atom. The molecular formula is C9H7N5OS. The van der Waals surface area contributed by atoms with Gasteiger partial charge >= 0.3 is 0 Å². The van der Waals surface area contributed by atoms with Crippen molar-refractivity contribution in [2.75, 3.05) is 0 Å². The first-order chi connectivity index (χ1) is 7.79. The van der Waals surface area contributed by atoms with E-state index in [1.807, 2.05) is 17.5 Å². The van der Waals surface area contributed by atoms with Crippen LogP contribution in [0.15, 0.2) is 35.6 Å². The summed E-state index contributed by atoms with van der Waals surface area (Å²) in [5, 5.41) is 2.08. The molecule has 0 spiro atoms. The molecule has 7 heteroatoms. The lowest BCUT2D eigenvalue weighted by molar-refractivity contribution is -0.113. The van der Waals surface area contributed by atoms with Crippen LogP contribution in [0, 0.1) is 5.53 Å². The number of aromatic nitrogens is 1. The Labute approximate surface area is 95.4 Å². The Bertz CT molecular complexity index is 480. The van der Waals surface area contributed by atoms with Crippen molar-refractivity contribution in [1.82, 2.24) is 9.88 Å². The van der Waals surface area contributed by atoms with Crippen LogP contribution in [0.25, 0.3) is 10.4 Å². The van der Waals surface area contributed by atoms with Crippen molar-refractivity contribution in [2.45, 2.75) is 5.37 Å². The van der Waals surface area contributed by atoms with Crippen LogP contribution in [0.5, 0.6) is 0 Å². The minimum absolute atomic E-state index is 0.158. The van der Waals surface area contributed by atoms with E-state index in [9.17, 15) is 4.79 Å². The summed E-state index contributed by atoms with van der Waals surface area (Å²) in [6, 6.07) is 3.89. The van der Waals surface area contributed by atoms with Crippen molar-refractivity contribution in [3.8, 4) is 0 Å². The number of rotatable bonds is 1. The number of fused-ring (bicyclic) bond motifs is 1. The fraction of sp³-hybridized carbons (Fsp3) is 0.111. The van der Waals surface area contributed by atoms with Gasteiger partial charge in [-0.15, -0.1) is 17.3 Å². The highest BCUT2D eigenvalue weighted by atomic mass is 32.2. The van der Waals surface area contributed by atoms with Gasteiger partial charge in [-0.1, -0.05) is 0 Å². The molecule has 1 N–H and O–H groups in total. The molecule has 6 nitrogen and oxygen atoms in total. The largest absolute Gasteiger partial charge is 0.284 e. The standard InChI is InChI=1S/C9H6N2OS.HN3/c12-8-7-5-13-9(11(7)8)6-1-3-10-4-2-6;1-3-2/h1-5,9H;1H. The molecule has 3 rings (SSSR count). The predicted octanol–water partition coefficient (Wildman–Crippen LogP) is 2.39. The molecule has 3 heterocycles. The van der Waals surface area contributed by atoms with E-state index in [1.54, 1.807) is 34.0 Å². The van der Waals surface area contributed by atoms with Crippen LogP contribution in [-0.4, -0.2) is 15.8 Å². The molecule has 1 fully saturated rings. The van der Waals surface area contributed by atoms with Crippen molar-refractivity contribution in [2.24, 2.45) is 0 Å². The molecule has 0 radical (unpaired) electrons. The second kappa shape index (κ2) is 4.26. The maximum absolute atomic E-state index is 11.1. The molecule has 2 aliphatic heterocycles. The highest BCUT2D eigenvalue weighted by Crippen LogP contribution is 2.51. The quantitative estimate of drug-likeness (QED) is 0.349. The second-order valence-electron chi connectivity index (χ2n) is 3.05. The summed E-state index contributed by atoms with van der Waals surface area (Å²) in [7, 11) is 0. The number of carbonyl (C=O) groups excluding carboxylic acids is 1. The number of nitrogens with one attached hydrogen (secondary N) is 1. The van der Waals surface area contributed by atoms with Gasteiger partial charge in [0, 0.05) is 17.8 Å². The van der Waals surface area contributed by atoms with Crippen molar-refractivity contribution in [3.05, 3.63) is 51.6 Å². The average molecular weight is 233 g/mol. The Kier molecular flexibility index (Phi) is 2.80. The fourth-order valence-electron chi connectivity index (χ4n) is 1.46. The van der Waals surface area contributed by atoms with Crippen LogP contribution in [-0.2, 0) is 4.79 Å². The first kappa shape index (κ1) is 10.5. The van der Waals surface area contributed by atoms with E-state index in [0.29, 0.717) is 0 Å². The van der Waals surface area contributed by atoms with E-state index >= 15 is 0 Å². The van der Waals surface area contributed by atoms with E-state index in [-0.39, 0.29) is 11.3 Å². The predicted molar refractivity (Wildman–Crippen MR) is 58.9 cm³/mol. The number of hydrogen-bond donors (Lipinski definition) is 1. The summed E-state index contributed by atoms with van der Waals surface area (Å²) < 4.78 is 0. The Morgan fingerprint density at radius 3 is 2.62 bits per heavy atom. The van der Waals surface area contributed by atoms with Crippen LogP contribution >= 0.6 is 11.8 Å². The third-order valence-electron chi connectivity index (χ3n) is 2.18. The normalized spacial score (nSPS) is 20.2. The molecule has 1 aromatic rings. The summed E-state index contributed by atoms with van der Waals surface area (Å²) in [6.07, 6.45) is 3.50. The van der Waals surface area contributed by atoms with Crippen molar-refractivity contribution in [1.29, 1.82) is 5.53 Å². The molecule has 16 heavy (non-hydrogen) atoms. The maximum atomic E-state index is 11.1. The van der Waals surface area contributed by atoms with Crippen LogP contribution in [0.3, 0.4) is 0 Å². The fourth-order valence-corrected chi connectivity index (χ4v) is 2.58. The zero-order chi connectivity index (χ0) is 11.5. The van der Waals surface area contributed by atoms with Gasteiger partial charge in [-0.2, -0.15) is 0 Å². The van der Waals surface area contributed by atoms with E-state index in [2.05, 4.69) is 4.98 Å². The SMILES string of the molecule is O=C1C2=CSC(c3ccncc3)N12.[N-]=[N+]=N. The van der Waals surface area contributed by atoms with Gasteiger partial charge in [0.05, 0.1) is 0 Å². The number of thioether (sulfide) groups is 1. The molecule has 1 amide bonds. The molecule has 1 saturated heterocycles. The van der Waals surface area contributed by atoms with Gasteiger partial charge in [0.1, 0.15) is 11.1 Å². The van der Waals surface area contributed by atoms with Gasteiger partial charge in [-0.3, -0.25) is 14.7 Å². The molecule has 1 aromatic heterocycles. The van der Waals surface area contributed by atoms with Gasteiger partial charge in [0.15, 0.2) is 0 Å². The average Bonchev–Trinajstić information content (AvgIpc) is 2.79. The van der Waals surface area contributed by atoms with Gasteiger partial charge < -0.3 is 0 Å². The topological polar surface area (TPSA) is 93.2 Å². The lowest BCUT2D eigenvalue weighted by atomic mass is 10.3. The number of carbonyl (C=O) groups is 1. The highest BCUT2D eigenvalue weighted by Gasteiger charge is 2.49. The van der Waals surface area contributed by atoms with Crippen molar-refractivity contribution < 1.29 is 4.79 Å². The van der Waals surface area contributed by atoms with Crippen molar-refractivity contribution in [3.63, 3.8) is 0 Å². The first-order valence-electron chi connectivity index (χ1n) is 4.39. The van der Waals surface area contributed by atoms with Crippen molar-refractivity contribution >= 4 is 17.7 Å². The van der Waals surface area contributed by atoms with E-state index in [0.717, 1.165) is 11.3 Å². The maximum Gasteiger partial charge on any atom is 0.277 e. The van der Waals surface area contributed by atoms with E-state index in [1.165, 1.54) is 0 Å². The molecule has 0 aliphatic carbocycles. The molecule has 2 aliphatic rings. The van der Waals surface area contributed by atoms with Crippen LogP contribution < -0.4 is 0 Å². The van der Waals surface area contributed by atoms with E-state index < -0.39 is 0 Å². The van der Waals surface area contributed by atoms with E-state index in [4.69, 9.17) is 11.1 Å². The summed E-state index contributed by atoms with van der Waals surface area (Å²) in [6.45, 7) is 0. The van der Waals surface area contributed by atoms with Gasteiger partial charge in [0.2, 0.25) is 0 Å². The summed E-state index contributed by atoms with van der Waals surface area (Å²) in [5.74, 6) is 0.167. The third-order valence-corrected chi connectivity index (χ3v) is 3.28. The zero-order valence-electron chi connectivity index (χ0n) is 8.07. The lowest BCUT2D eigenvalue weighted by Gasteiger charge is -2.10. The zero-order valence-corrected chi connectivity index (χ0v) is 8.89. The molecule has 0 aromatic carbocycles. The van der Waals surface area contributed by atoms with Gasteiger partial charge in [-0.25, -0.2) is 0 Å². The third kappa shape index (κ3) is 1.73. The number of nitrogens with zero attached hydrogens (tertiary/aromatic N) is 4. The van der Waals surface area contributed by atoms with Crippen LogP contribution in [0.2, 0.25) is 0 Å².